The number of morpholine rings is 1. The van der Waals surface area contributed by atoms with E-state index in [0.29, 0.717) is 51.2 Å². The third-order valence-corrected chi connectivity index (χ3v) is 7.96. The molecule has 0 bridgehead atoms. The molecule has 2 aliphatic heterocycles. The highest BCUT2D eigenvalue weighted by molar-refractivity contribution is 5.81. The third-order valence-electron chi connectivity index (χ3n) is 7.96. The van der Waals surface area contributed by atoms with E-state index in [1.165, 1.54) is 0 Å². The van der Waals surface area contributed by atoms with Crippen molar-refractivity contribution < 1.29 is 24.1 Å². The minimum Gasteiger partial charge on any atom is -0.460 e. The summed E-state index contributed by atoms with van der Waals surface area (Å²) in [4.78, 5) is 32.5. The van der Waals surface area contributed by atoms with Gasteiger partial charge < -0.3 is 33.4 Å². The maximum atomic E-state index is 12.8. The van der Waals surface area contributed by atoms with E-state index < -0.39 is 12.0 Å². The first-order valence-electron chi connectivity index (χ1n) is 14.1. The molecule has 5 rings (SSSR count). The number of aromatic nitrogens is 3. The summed E-state index contributed by atoms with van der Waals surface area (Å²) in [6, 6.07) is 8.06. The first-order valence-corrected chi connectivity index (χ1v) is 14.1. The Balaban J connectivity index is 1.42. The highest BCUT2D eigenvalue weighted by Crippen LogP contribution is 2.28. The van der Waals surface area contributed by atoms with Gasteiger partial charge in [0, 0.05) is 43.9 Å². The van der Waals surface area contributed by atoms with Gasteiger partial charge in [-0.2, -0.15) is 0 Å². The monoisotopic (exact) mass is 552 g/mol. The van der Waals surface area contributed by atoms with E-state index in [1.54, 1.807) is 18.5 Å². The van der Waals surface area contributed by atoms with Gasteiger partial charge >= 0.3 is 5.97 Å². The molecule has 0 saturated carbocycles. The van der Waals surface area contributed by atoms with E-state index in [4.69, 9.17) is 19.2 Å². The van der Waals surface area contributed by atoms with Gasteiger partial charge in [-0.1, -0.05) is 6.07 Å². The molecule has 1 N–H and O–H groups in total. The molecule has 0 aliphatic carbocycles. The number of likely N-dealkylation sites (N-methyl/N-ethyl adjacent to an activating group) is 1. The SMILES string of the molecule is Cc1cc(-c2nc3cc(CC[C@H](C(=O)O[C@H]4CCOC4)[C@@H](C)O)ccc3n2CC2CN(C)CCO2)cn(C)c1=O. The van der Waals surface area contributed by atoms with Crippen LogP contribution in [0.3, 0.4) is 0 Å². The van der Waals surface area contributed by atoms with Crippen LogP contribution in [0.25, 0.3) is 22.4 Å². The molecule has 0 amide bonds. The lowest BCUT2D eigenvalue weighted by Gasteiger charge is -2.30. The molecule has 4 heterocycles. The molecular weight excluding hydrogens is 512 g/mol. The number of aryl methyl sites for hydroxylation is 3. The fourth-order valence-electron chi connectivity index (χ4n) is 5.65. The standard InChI is InChI=1S/C30H40N4O6/c1-19-13-22(15-33(4)29(19)36)28-31-26-14-21(5-7-25(20(2)35)30(37)40-23-9-11-38-18-23)6-8-27(26)34(28)17-24-16-32(3)10-12-39-24/h6,8,13-15,20,23-25,35H,5,7,9-12,16-18H2,1-4H3/t20-,23+,24?,25+/m1/s1. The van der Waals surface area contributed by atoms with E-state index in [2.05, 4.69) is 28.6 Å². The van der Waals surface area contributed by atoms with Crippen LogP contribution in [0.4, 0.5) is 0 Å². The predicted molar refractivity (Wildman–Crippen MR) is 151 cm³/mol. The number of hydrogen-bond donors (Lipinski definition) is 1. The third kappa shape index (κ3) is 6.30. The number of carbonyl (C=O) groups excluding carboxylic acids is 1. The Morgan fingerprint density at radius 2 is 2.08 bits per heavy atom. The van der Waals surface area contributed by atoms with Crippen LogP contribution in [0, 0.1) is 12.8 Å². The van der Waals surface area contributed by atoms with Crippen molar-refractivity contribution in [2.45, 2.75) is 58.0 Å². The maximum Gasteiger partial charge on any atom is 0.311 e. The van der Waals surface area contributed by atoms with Crippen molar-refractivity contribution in [2.75, 3.05) is 40.0 Å². The van der Waals surface area contributed by atoms with E-state index in [9.17, 15) is 14.7 Å². The Hall–Kier alpha value is -3.05. The smallest absolute Gasteiger partial charge is 0.311 e. The number of carbonyl (C=O) groups is 1. The van der Waals surface area contributed by atoms with Gasteiger partial charge in [-0.3, -0.25) is 9.59 Å². The van der Waals surface area contributed by atoms with E-state index in [-0.39, 0.29) is 23.7 Å². The Morgan fingerprint density at radius 3 is 2.77 bits per heavy atom. The molecule has 10 heteroatoms. The lowest BCUT2D eigenvalue weighted by atomic mass is 9.95. The number of hydrogen-bond acceptors (Lipinski definition) is 8. The van der Waals surface area contributed by atoms with E-state index >= 15 is 0 Å². The fourth-order valence-corrected chi connectivity index (χ4v) is 5.65. The molecule has 216 valence electrons. The van der Waals surface area contributed by atoms with E-state index in [1.807, 2.05) is 25.3 Å². The number of nitrogens with zero attached hydrogens (tertiary/aromatic N) is 4. The Kier molecular flexibility index (Phi) is 8.70. The number of pyridine rings is 1. The van der Waals surface area contributed by atoms with Crippen LogP contribution >= 0.6 is 0 Å². The second kappa shape index (κ2) is 12.2. The largest absolute Gasteiger partial charge is 0.460 e. The predicted octanol–water partition coefficient (Wildman–Crippen LogP) is 2.30. The summed E-state index contributed by atoms with van der Waals surface area (Å²) in [7, 11) is 3.86. The number of fused-ring (bicyclic) bond motifs is 1. The minimum absolute atomic E-state index is 0.0197. The molecular formula is C30H40N4O6. The molecule has 2 aliphatic rings. The van der Waals surface area contributed by atoms with E-state index in [0.717, 1.165) is 41.1 Å². The van der Waals surface area contributed by atoms with Crippen molar-refractivity contribution in [2.24, 2.45) is 13.0 Å². The number of benzene rings is 1. The fraction of sp³-hybridized carbons (Fsp3) is 0.567. The first-order chi connectivity index (χ1) is 19.2. The topological polar surface area (TPSA) is 108 Å². The lowest BCUT2D eigenvalue weighted by Crippen LogP contribution is -2.42. The van der Waals surface area contributed by atoms with Crippen LogP contribution in [0.2, 0.25) is 0 Å². The van der Waals surface area contributed by atoms with Crippen LogP contribution in [-0.4, -0.2) is 88.4 Å². The zero-order valence-corrected chi connectivity index (χ0v) is 23.8. The molecule has 1 aromatic carbocycles. The molecule has 0 spiro atoms. The van der Waals surface area contributed by atoms with Crippen LogP contribution in [0.5, 0.6) is 0 Å². The second-order valence-corrected chi connectivity index (χ2v) is 11.3. The van der Waals surface area contributed by atoms with Gasteiger partial charge in [0.15, 0.2) is 0 Å². The molecule has 1 unspecified atom stereocenters. The highest BCUT2D eigenvalue weighted by atomic mass is 16.6. The highest BCUT2D eigenvalue weighted by Gasteiger charge is 2.29. The number of rotatable bonds is 9. The summed E-state index contributed by atoms with van der Waals surface area (Å²) < 4.78 is 20.8. The number of esters is 1. The van der Waals surface area contributed by atoms with Crippen molar-refractivity contribution in [3.8, 4) is 11.4 Å². The quantitative estimate of drug-likeness (QED) is 0.403. The zero-order valence-electron chi connectivity index (χ0n) is 23.8. The summed E-state index contributed by atoms with van der Waals surface area (Å²) in [5.41, 5.74) is 4.34. The number of aliphatic hydroxyl groups is 1. The van der Waals surface area contributed by atoms with Gasteiger partial charge in [-0.25, -0.2) is 4.98 Å². The lowest BCUT2D eigenvalue weighted by molar-refractivity contribution is -0.158. The average Bonchev–Trinajstić information content (AvgIpc) is 3.54. The normalized spacial score (nSPS) is 21.5. The molecule has 2 saturated heterocycles. The van der Waals surface area contributed by atoms with Gasteiger partial charge in [-0.15, -0.1) is 0 Å². The second-order valence-electron chi connectivity index (χ2n) is 11.3. The van der Waals surface area contributed by atoms with Crippen molar-refractivity contribution in [3.63, 3.8) is 0 Å². The molecule has 10 nitrogen and oxygen atoms in total. The zero-order chi connectivity index (χ0) is 28.4. The summed E-state index contributed by atoms with van der Waals surface area (Å²) in [5, 5.41) is 10.3. The van der Waals surface area contributed by atoms with Crippen LogP contribution < -0.4 is 5.56 Å². The van der Waals surface area contributed by atoms with Crippen molar-refractivity contribution in [1.82, 2.24) is 19.0 Å². The minimum atomic E-state index is -0.814. The Bertz CT molecular complexity index is 1380. The molecule has 2 fully saturated rings. The summed E-state index contributed by atoms with van der Waals surface area (Å²) in [5.74, 6) is -0.203. The van der Waals surface area contributed by atoms with Crippen molar-refractivity contribution in [1.29, 1.82) is 0 Å². The number of imidazole rings is 1. The molecule has 3 aromatic rings. The van der Waals surface area contributed by atoms with Gasteiger partial charge in [0.2, 0.25) is 0 Å². The first kappa shape index (κ1) is 28.5. The molecule has 4 atom stereocenters. The summed E-state index contributed by atoms with van der Waals surface area (Å²) in [6.07, 6.45) is 2.55. The average molecular weight is 553 g/mol. The molecule has 2 aromatic heterocycles. The Morgan fingerprint density at radius 1 is 1.25 bits per heavy atom. The van der Waals surface area contributed by atoms with Gasteiger partial charge in [0.1, 0.15) is 11.9 Å². The maximum absolute atomic E-state index is 12.8. The van der Waals surface area contributed by atoms with Gasteiger partial charge in [-0.05, 0) is 57.5 Å². The van der Waals surface area contributed by atoms with Crippen molar-refractivity contribution in [3.05, 3.63) is 51.9 Å². The van der Waals surface area contributed by atoms with Gasteiger partial charge in [0.25, 0.3) is 5.56 Å². The van der Waals surface area contributed by atoms with Gasteiger partial charge in [0.05, 0.1) is 55.5 Å². The number of ether oxygens (including phenoxy) is 3. The summed E-state index contributed by atoms with van der Waals surface area (Å²) in [6.45, 7) is 7.52. The molecule has 40 heavy (non-hydrogen) atoms. The summed E-state index contributed by atoms with van der Waals surface area (Å²) >= 11 is 0. The molecule has 0 radical (unpaired) electrons. The van der Waals surface area contributed by atoms with Crippen LogP contribution in [0.1, 0.15) is 30.9 Å². The van der Waals surface area contributed by atoms with Crippen LogP contribution in [0.15, 0.2) is 35.3 Å². The van der Waals surface area contributed by atoms with Crippen LogP contribution in [-0.2, 0) is 39.0 Å². The Labute approximate surface area is 234 Å². The number of aliphatic hydroxyl groups excluding tert-OH is 1. The van der Waals surface area contributed by atoms with Crippen molar-refractivity contribution >= 4 is 17.0 Å².